The van der Waals surface area contributed by atoms with Gasteiger partial charge in [0.15, 0.2) is 0 Å². The van der Waals surface area contributed by atoms with Gasteiger partial charge in [0.2, 0.25) is 5.95 Å². The van der Waals surface area contributed by atoms with Gasteiger partial charge in [-0.05, 0) is 60.8 Å². The van der Waals surface area contributed by atoms with Crippen molar-refractivity contribution in [3.05, 3.63) is 11.8 Å². The summed E-state index contributed by atoms with van der Waals surface area (Å²) in [6, 6.07) is 1.20. The maximum atomic E-state index is 5.01. The Bertz CT molecular complexity index is 573. The lowest BCUT2D eigenvalue weighted by atomic mass is 10.0. The molecule has 1 aromatic rings. The summed E-state index contributed by atoms with van der Waals surface area (Å²) in [5, 5.41) is 0. The fourth-order valence-electron chi connectivity index (χ4n) is 4.02. The van der Waals surface area contributed by atoms with Crippen molar-refractivity contribution in [3.63, 3.8) is 0 Å². The van der Waals surface area contributed by atoms with E-state index in [2.05, 4.69) is 59.7 Å². The topological polar surface area (TPSA) is 38.7 Å². The molecule has 2 saturated heterocycles. The Morgan fingerprint density at radius 3 is 2.08 bits per heavy atom. The summed E-state index contributed by atoms with van der Waals surface area (Å²) in [6.07, 6.45) is 6.99. The molecule has 0 aromatic carbocycles. The third-order valence-electron chi connectivity index (χ3n) is 5.77. The van der Waals surface area contributed by atoms with E-state index in [1.54, 1.807) is 0 Å². The molecule has 0 bridgehead atoms. The van der Waals surface area contributed by atoms with Crippen LogP contribution in [0.4, 0.5) is 11.8 Å². The second-order valence-electron chi connectivity index (χ2n) is 8.09. The maximum Gasteiger partial charge on any atom is 0.227 e. The third kappa shape index (κ3) is 4.23. The van der Waals surface area contributed by atoms with Crippen molar-refractivity contribution in [1.82, 2.24) is 19.8 Å². The van der Waals surface area contributed by atoms with Crippen LogP contribution in [0, 0.1) is 6.92 Å². The Kier molecular flexibility index (Phi) is 5.79. The van der Waals surface area contributed by atoms with Gasteiger partial charge < -0.3 is 19.6 Å². The third-order valence-corrected chi connectivity index (χ3v) is 5.77. The Morgan fingerprint density at radius 2 is 1.48 bits per heavy atom. The molecule has 2 atom stereocenters. The van der Waals surface area contributed by atoms with Crippen LogP contribution in [0.2, 0.25) is 0 Å². The summed E-state index contributed by atoms with van der Waals surface area (Å²) in [5.74, 6) is 2.03. The number of likely N-dealkylation sites (N-methyl/N-ethyl adjacent to an activating group) is 2. The SMILES string of the molecule is Cc1cnc(N2CCC[C@@H](N(C)C)C2)nc1N1CCC[C@@H](N(C)C)C1. The van der Waals surface area contributed by atoms with Crippen molar-refractivity contribution < 1.29 is 0 Å². The first-order valence-corrected chi connectivity index (χ1v) is 9.62. The molecule has 0 spiro atoms. The normalized spacial score (nSPS) is 25.1. The molecule has 140 valence electrons. The van der Waals surface area contributed by atoms with Gasteiger partial charge in [-0.2, -0.15) is 4.98 Å². The number of nitrogens with zero attached hydrogens (tertiary/aromatic N) is 6. The smallest absolute Gasteiger partial charge is 0.227 e. The molecule has 2 aliphatic heterocycles. The van der Waals surface area contributed by atoms with Crippen molar-refractivity contribution in [2.24, 2.45) is 0 Å². The van der Waals surface area contributed by atoms with Gasteiger partial charge in [-0.1, -0.05) is 0 Å². The van der Waals surface area contributed by atoms with Crippen LogP contribution < -0.4 is 9.80 Å². The zero-order valence-corrected chi connectivity index (χ0v) is 16.6. The molecule has 0 aliphatic carbocycles. The van der Waals surface area contributed by atoms with Crippen molar-refractivity contribution in [2.75, 3.05) is 64.2 Å². The van der Waals surface area contributed by atoms with Crippen LogP contribution in [0.3, 0.4) is 0 Å². The van der Waals surface area contributed by atoms with Crippen LogP contribution in [-0.4, -0.2) is 86.2 Å². The lowest BCUT2D eigenvalue weighted by molar-refractivity contribution is 0.256. The molecule has 3 rings (SSSR count). The van der Waals surface area contributed by atoms with Gasteiger partial charge in [0.05, 0.1) is 0 Å². The predicted molar refractivity (Wildman–Crippen MR) is 105 cm³/mol. The summed E-state index contributed by atoms with van der Waals surface area (Å²) in [4.78, 5) is 19.2. The number of aromatic nitrogens is 2. The Morgan fingerprint density at radius 1 is 0.920 bits per heavy atom. The lowest BCUT2D eigenvalue weighted by Gasteiger charge is -2.38. The molecular weight excluding hydrogens is 312 g/mol. The number of piperidine rings is 2. The van der Waals surface area contributed by atoms with Gasteiger partial charge >= 0.3 is 0 Å². The second kappa shape index (κ2) is 7.87. The van der Waals surface area contributed by atoms with Crippen LogP contribution in [0.1, 0.15) is 31.2 Å². The molecular formula is C19H34N6. The van der Waals surface area contributed by atoms with E-state index >= 15 is 0 Å². The molecule has 0 unspecified atom stereocenters. The summed E-state index contributed by atoms with van der Waals surface area (Å²) in [6.45, 7) is 6.38. The molecule has 0 radical (unpaired) electrons. The minimum Gasteiger partial charge on any atom is -0.355 e. The molecule has 6 heteroatoms. The number of rotatable bonds is 4. The van der Waals surface area contributed by atoms with Gasteiger partial charge in [-0.25, -0.2) is 4.98 Å². The Hall–Kier alpha value is -1.40. The second-order valence-corrected chi connectivity index (χ2v) is 8.09. The molecule has 25 heavy (non-hydrogen) atoms. The zero-order valence-electron chi connectivity index (χ0n) is 16.6. The van der Waals surface area contributed by atoms with Crippen LogP contribution in [0.5, 0.6) is 0 Å². The van der Waals surface area contributed by atoms with Crippen molar-refractivity contribution in [1.29, 1.82) is 0 Å². The van der Waals surface area contributed by atoms with Crippen LogP contribution >= 0.6 is 0 Å². The molecule has 0 saturated carbocycles. The molecule has 0 amide bonds. The maximum absolute atomic E-state index is 5.01. The Labute approximate surface area is 152 Å². The first-order chi connectivity index (χ1) is 12.0. The van der Waals surface area contributed by atoms with Gasteiger partial charge in [0.25, 0.3) is 0 Å². The monoisotopic (exact) mass is 346 g/mol. The number of anilines is 2. The Balaban J connectivity index is 1.78. The molecule has 3 heterocycles. The van der Waals surface area contributed by atoms with E-state index in [0.717, 1.165) is 37.9 Å². The number of hydrogen-bond donors (Lipinski definition) is 0. The minimum atomic E-state index is 0.593. The van der Waals surface area contributed by atoms with Gasteiger partial charge in [0, 0.05) is 50.0 Å². The molecule has 2 fully saturated rings. The van der Waals surface area contributed by atoms with E-state index in [9.17, 15) is 0 Å². The van der Waals surface area contributed by atoms with E-state index in [1.165, 1.54) is 31.2 Å². The fourth-order valence-corrected chi connectivity index (χ4v) is 4.02. The minimum absolute atomic E-state index is 0.593. The van der Waals surface area contributed by atoms with Crippen molar-refractivity contribution >= 4 is 11.8 Å². The quantitative estimate of drug-likeness (QED) is 0.828. The molecule has 0 N–H and O–H groups in total. The fraction of sp³-hybridized carbons (Fsp3) is 0.789. The van der Waals surface area contributed by atoms with Crippen LogP contribution in [0.15, 0.2) is 6.20 Å². The summed E-state index contributed by atoms with van der Waals surface area (Å²) < 4.78 is 0. The van der Waals surface area contributed by atoms with E-state index in [4.69, 9.17) is 4.98 Å². The summed E-state index contributed by atoms with van der Waals surface area (Å²) >= 11 is 0. The zero-order chi connectivity index (χ0) is 18.0. The highest BCUT2D eigenvalue weighted by molar-refractivity contribution is 5.50. The highest BCUT2D eigenvalue weighted by Gasteiger charge is 2.26. The first kappa shape index (κ1) is 18.4. The highest BCUT2D eigenvalue weighted by atomic mass is 15.3. The van der Waals surface area contributed by atoms with Gasteiger partial charge in [0.1, 0.15) is 5.82 Å². The first-order valence-electron chi connectivity index (χ1n) is 9.62. The van der Waals surface area contributed by atoms with E-state index in [1.807, 2.05) is 6.20 Å². The lowest BCUT2D eigenvalue weighted by Crippen LogP contribution is -2.47. The molecule has 6 nitrogen and oxygen atoms in total. The van der Waals surface area contributed by atoms with Crippen LogP contribution in [0.25, 0.3) is 0 Å². The molecule has 2 aliphatic rings. The van der Waals surface area contributed by atoms with E-state index < -0.39 is 0 Å². The highest BCUT2D eigenvalue weighted by Crippen LogP contribution is 2.26. The van der Waals surface area contributed by atoms with Crippen LogP contribution in [-0.2, 0) is 0 Å². The van der Waals surface area contributed by atoms with E-state index in [0.29, 0.717) is 12.1 Å². The van der Waals surface area contributed by atoms with Gasteiger partial charge in [-0.15, -0.1) is 0 Å². The number of aryl methyl sites for hydroxylation is 1. The largest absolute Gasteiger partial charge is 0.355 e. The standard InChI is InChI=1S/C19H34N6/c1-15-12-20-19(25-11-7-9-17(14-25)23(4)5)21-18(15)24-10-6-8-16(13-24)22(2)3/h12,16-17H,6-11,13-14H2,1-5H3/t16-,17-/m1/s1. The number of hydrogen-bond acceptors (Lipinski definition) is 6. The summed E-state index contributed by atoms with van der Waals surface area (Å²) in [7, 11) is 8.71. The van der Waals surface area contributed by atoms with Crippen molar-refractivity contribution in [3.8, 4) is 0 Å². The molecule has 1 aromatic heterocycles. The van der Waals surface area contributed by atoms with Gasteiger partial charge in [-0.3, -0.25) is 0 Å². The van der Waals surface area contributed by atoms with E-state index in [-0.39, 0.29) is 0 Å². The summed E-state index contributed by atoms with van der Waals surface area (Å²) in [5.41, 5.74) is 1.18. The van der Waals surface area contributed by atoms with Crippen molar-refractivity contribution in [2.45, 2.75) is 44.7 Å². The predicted octanol–water partition coefficient (Wildman–Crippen LogP) is 1.85. The average Bonchev–Trinajstić information content (AvgIpc) is 2.62. The average molecular weight is 347 g/mol.